The first-order valence-electron chi connectivity index (χ1n) is 11.6. The Balaban J connectivity index is 1.49. The van der Waals surface area contributed by atoms with Crippen molar-refractivity contribution in [3.63, 3.8) is 0 Å². The number of aromatic nitrogens is 1. The lowest BCUT2D eigenvalue weighted by Crippen LogP contribution is -2.38. The van der Waals surface area contributed by atoms with Gasteiger partial charge in [0.05, 0.1) is 5.41 Å². The summed E-state index contributed by atoms with van der Waals surface area (Å²) in [5, 5.41) is 13.8. The van der Waals surface area contributed by atoms with E-state index in [-0.39, 0.29) is 18.6 Å². The van der Waals surface area contributed by atoms with Crippen LogP contribution in [0.15, 0.2) is 59.1 Å². The number of benzene rings is 2. The first kappa shape index (κ1) is 21.5. The Hall–Kier alpha value is -3.31. The van der Waals surface area contributed by atoms with E-state index in [9.17, 15) is 9.90 Å². The lowest BCUT2D eigenvalue weighted by Gasteiger charge is -2.23. The summed E-state index contributed by atoms with van der Waals surface area (Å²) >= 11 is 0. The number of amides is 1. The molecule has 1 aliphatic carbocycles. The number of fused-ring (bicyclic) bond motifs is 1. The molecule has 170 valence electrons. The van der Waals surface area contributed by atoms with Crippen LogP contribution in [-0.4, -0.2) is 22.6 Å². The average molecular weight is 443 g/mol. The number of aliphatic hydroxyl groups excluding tert-OH is 1. The number of furan rings is 1. The van der Waals surface area contributed by atoms with Crippen LogP contribution in [0.2, 0.25) is 0 Å². The number of aromatic amines is 1. The third-order valence-electron chi connectivity index (χ3n) is 6.94. The normalized spacial score (nSPS) is 15.5. The summed E-state index contributed by atoms with van der Waals surface area (Å²) in [5.74, 6) is 1.60. The molecule has 1 amide bonds. The van der Waals surface area contributed by atoms with Crippen molar-refractivity contribution in [1.82, 2.24) is 10.3 Å². The van der Waals surface area contributed by atoms with Crippen molar-refractivity contribution in [1.29, 1.82) is 0 Å². The van der Waals surface area contributed by atoms with E-state index in [2.05, 4.69) is 54.5 Å². The van der Waals surface area contributed by atoms with Crippen LogP contribution < -0.4 is 5.32 Å². The zero-order chi connectivity index (χ0) is 23.2. The van der Waals surface area contributed by atoms with Crippen molar-refractivity contribution >= 4 is 16.8 Å². The molecule has 0 bridgehead atoms. The van der Waals surface area contributed by atoms with Gasteiger partial charge in [-0.3, -0.25) is 4.79 Å². The molecule has 0 saturated heterocycles. The van der Waals surface area contributed by atoms with Gasteiger partial charge in [0.25, 0.3) is 0 Å². The fraction of sp³-hybridized carbons (Fsp3) is 0.321. The maximum atomic E-state index is 13.8. The van der Waals surface area contributed by atoms with Crippen LogP contribution in [0.25, 0.3) is 10.9 Å². The molecule has 5 rings (SSSR count). The summed E-state index contributed by atoms with van der Waals surface area (Å²) < 4.78 is 5.97. The highest BCUT2D eigenvalue weighted by molar-refractivity contribution is 5.94. The molecule has 3 N–H and O–H groups in total. The van der Waals surface area contributed by atoms with E-state index in [1.165, 1.54) is 5.56 Å². The van der Waals surface area contributed by atoms with Gasteiger partial charge in [0.1, 0.15) is 17.6 Å². The molecule has 1 atom stereocenters. The highest BCUT2D eigenvalue weighted by atomic mass is 16.3. The number of aryl methyl sites for hydroxylation is 3. The van der Waals surface area contributed by atoms with Gasteiger partial charge in [-0.2, -0.15) is 0 Å². The van der Waals surface area contributed by atoms with E-state index < -0.39 is 5.41 Å². The molecule has 2 aromatic carbocycles. The molecule has 2 heterocycles. The lowest BCUT2D eigenvalue weighted by molar-refractivity contribution is -0.124. The first-order valence-corrected chi connectivity index (χ1v) is 11.6. The van der Waals surface area contributed by atoms with Crippen LogP contribution in [-0.2, 0) is 16.6 Å². The SMILES string of the molecule is Cc1ccc(C(NC(=O)C2(c3ccc4[nH]cc(CCO)c4c3)CC2)c2ccc(C)o2)c(C)c1. The van der Waals surface area contributed by atoms with Gasteiger partial charge >= 0.3 is 0 Å². The van der Waals surface area contributed by atoms with Gasteiger partial charge in [-0.25, -0.2) is 0 Å². The Bertz CT molecular complexity index is 1330. The van der Waals surface area contributed by atoms with E-state index in [0.29, 0.717) is 6.42 Å². The first-order chi connectivity index (χ1) is 15.9. The second-order valence-electron chi connectivity index (χ2n) is 9.34. The molecule has 0 aliphatic heterocycles. The second kappa shape index (κ2) is 8.23. The maximum absolute atomic E-state index is 13.8. The van der Waals surface area contributed by atoms with Crippen LogP contribution in [0.5, 0.6) is 0 Å². The van der Waals surface area contributed by atoms with E-state index in [1.807, 2.05) is 31.3 Å². The van der Waals surface area contributed by atoms with E-state index in [1.54, 1.807) is 0 Å². The average Bonchev–Trinajstić information content (AvgIpc) is 3.35. The molecule has 0 radical (unpaired) electrons. The van der Waals surface area contributed by atoms with E-state index in [4.69, 9.17) is 4.42 Å². The Morgan fingerprint density at radius 1 is 1.12 bits per heavy atom. The number of hydrogen-bond donors (Lipinski definition) is 3. The van der Waals surface area contributed by atoms with Crippen molar-refractivity contribution in [2.45, 2.75) is 51.5 Å². The number of aliphatic hydroxyl groups is 1. The van der Waals surface area contributed by atoms with Crippen LogP contribution in [0, 0.1) is 20.8 Å². The van der Waals surface area contributed by atoms with Crippen LogP contribution in [0.1, 0.15) is 58.2 Å². The molecule has 1 saturated carbocycles. The second-order valence-corrected chi connectivity index (χ2v) is 9.34. The lowest BCUT2D eigenvalue weighted by atomic mass is 9.91. The fourth-order valence-corrected chi connectivity index (χ4v) is 4.90. The molecule has 5 nitrogen and oxygen atoms in total. The number of carbonyl (C=O) groups is 1. The summed E-state index contributed by atoms with van der Waals surface area (Å²) in [7, 11) is 0. The minimum absolute atomic E-state index is 0.0279. The maximum Gasteiger partial charge on any atom is 0.231 e. The number of carbonyl (C=O) groups excluding carboxylic acids is 1. The van der Waals surface area contributed by atoms with E-state index in [0.717, 1.165) is 57.5 Å². The molecule has 2 aromatic heterocycles. The number of nitrogens with one attached hydrogen (secondary N) is 2. The molecular weight excluding hydrogens is 412 g/mol. The molecule has 4 aromatic rings. The third kappa shape index (κ3) is 3.87. The fourth-order valence-electron chi connectivity index (χ4n) is 4.90. The van der Waals surface area contributed by atoms with Gasteiger partial charge < -0.3 is 19.8 Å². The van der Waals surface area contributed by atoms with Crippen LogP contribution in [0.3, 0.4) is 0 Å². The Morgan fingerprint density at radius 3 is 2.61 bits per heavy atom. The van der Waals surface area contributed by atoms with Crippen molar-refractivity contribution in [3.8, 4) is 0 Å². The highest BCUT2D eigenvalue weighted by Gasteiger charge is 2.52. The van der Waals surface area contributed by atoms with Crippen LogP contribution in [0.4, 0.5) is 0 Å². The standard InChI is InChI=1S/C28H30N2O3/c1-17-4-7-22(18(2)14-17)26(25-9-5-19(3)33-25)30-27(32)28(11-12-28)21-6-8-24-23(15-21)20(10-13-31)16-29-24/h4-9,14-16,26,29,31H,10-13H2,1-3H3,(H,30,32). The largest absolute Gasteiger partial charge is 0.464 e. The summed E-state index contributed by atoms with van der Waals surface area (Å²) in [6.07, 6.45) is 4.18. The quantitative estimate of drug-likeness (QED) is 0.370. The summed E-state index contributed by atoms with van der Waals surface area (Å²) in [6, 6.07) is 16.1. The molecule has 1 unspecified atom stereocenters. The van der Waals surface area contributed by atoms with Crippen molar-refractivity contribution in [2.24, 2.45) is 0 Å². The van der Waals surface area contributed by atoms with Gasteiger partial charge in [0, 0.05) is 23.7 Å². The zero-order valence-electron chi connectivity index (χ0n) is 19.4. The Kier molecular flexibility index (Phi) is 5.37. The number of H-pyrrole nitrogens is 1. The van der Waals surface area contributed by atoms with Crippen molar-refractivity contribution in [2.75, 3.05) is 6.61 Å². The Labute approximate surface area is 193 Å². The number of rotatable bonds is 7. The molecule has 1 fully saturated rings. The van der Waals surface area contributed by atoms with E-state index >= 15 is 0 Å². The van der Waals surface area contributed by atoms with Gasteiger partial charge in [-0.1, -0.05) is 29.8 Å². The minimum atomic E-state index is -0.527. The molecule has 1 aliphatic rings. The molecule has 33 heavy (non-hydrogen) atoms. The summed E-state index contributed by atoms with van der Waals surface area (Å²) in [5.41, 5.74) is 5.96. The van der Waals surface area contributed by atoms with Gasteiger partial charge in [0.15, 0.2) is 0 Å². The van der Waals surface area contributed by atoms with Gasteiger partial charge in [0.2, 0.25) is 5.91 Å². The monoisotopic (exact) mass is 442 g/mol. The van der Waals surface area contributed by atoms with Crippen molar-refractivity contribution in [3.05, 3.63) is 94.1 Å². The van der Waals surface area contributed by atoms with Gasteiger partial charge in [-0.05, 0) is 86.6 Å². The highest BCUT2D eigenvalue weighted by Crippen LogP contribution is 2.49. The van der Waals surface area contributed by atoms with Crippen LogP contribution >= 0.6 is 0 Å². The molecule has 0 spiro atoms. The Morgan fingerprint density at radius 2 is 1.94 bits per heavy atom. The van der Waals surface area contributed by atoms with Crippen molar-refractivity contribution < 1.29 is 14.3 Å². The number of hydrogen-bond acceptors (Lipinski definition) is 3. The summed E-state index contributed by atoms with van der Waals surface area (Å²) in [4.78, 5) is 17.0. The predicted molar refractivity (Wildman–Crippen MR) is 129 cm³/mol. The minimum Gasteiger partial charge on any atom is -0.464 e. The molecular formula is C28H30N2O3. The third-order valence-corrected chi connectivity index (χ3v) is 6.94. The summed E-state index contributed by atoms with van der Waals surface area (Å²) in [6.45, 7) is 6.17. The smallest absolute Gasteiger partial charge is 0.231 e. The topological polar surface area (TPSA) is 78.3 Å². The van der Waals surface area contributed by atoms with Gasteiger partial charge in [-0.15, -0.1) is 0 Å². The molecule has 5 heteroatoms. The zero-order valence-corrected chi connectivity index (χ0v) is 19.4. The predicted octanol–water partition coefficient (Wildman–Crippen LogP) is 5.16.